The lowest BCUT2D eigenvalue weighted by Crippen LogP contribution is -2.45. The summed E-state index contributed by atoms with van der Waals surface area (Å²) in [5, 5.41) is 5.56. The van der Waals surface area contributed by atoms with Crippen LogP contribution in [-0.2, 0) is 0 Å². The van der Waals surface area contributed by atoms with E-state index >= 15 is 0 Å². The molecule has 0 saturated carbocycles. The molecule has 1 aromatic heterocycles. The van der Waals surface area contributed by atoms with Gasteiger partial charge >= 0.3 is 0 Å². The Morgan fingerprint density at radius 3 is 2.31 bits per heavy atom. The minimum atomic E-state index is -0.0435. The first-order chi connectivity index (χ1) is 15.8. The smallest absolute Gasteiger partial charge is 0.251 e. The lowest BCUT2D eigenvalue weighted by Gasteiger charge is -2.33. The molecule has 3 aromatic carbocycles. The standard InChI is InChI=1S/C27H25N3O2/c31-27(21-10-12-24(13-11-21)32-23-7-2-1-3-8-23)29-22-15-18-30(19-16-22)26-25-9-5-4-6-20(25)14-17-28-26/h1-14,17,22H,15-16,18-19H2,(H,29,31). The van der Waals surface area contributed by atoms with E-state index in [-0.39, 0.29) is 11.9 Å². The molecule has 1 aliphatic heterocycles. The van der Waals surface area contributed by atoms with E-state index in [2.05, 4.69) is 33.4 Å². The van der Waals surface area contributed by atoms with Gasteiger partial charge in [0.05, 0.1) is 0 Å². The molecule has 160 valence electrons. The Labute approximate surface area is 187 Å². The van der Waals surface area contributed by atoms with Crippen LogP contribution < -0.4 is 15.0 Å². The maximum absolute atomic E-state index is 12.7. The number of anilines is 1. The number of rotatable bonds is 5. The van der Waals surface area contributed by atoms with Gasteiger partial charge in [-0.1, -0.05) is 42.5 Å². The van der Waals surface area contributed by atoms with Gasteiger partial charge in [0.1, 0.15) is 17.3 Å². The highest BCUT2D eigenvalue weighted by Crippen LogP contribution is 2.27. The number of hydrogen-bond acceptors (Lipinski definition) is 4. The molecule has 2 heterocycles. The van der Waals surface area contributed by atoms with Gasteiger partial charge in [0, 0.05) is 36.3 Å². The second-order valence-corrected chi connectivity index (χ2v) is 8.03. The molecule has 0 unspecified atom stereocenters. The minimum absolute atomic E-state index is 0.0435. The molecular weight excluding hydrogens is 398 g/mol. The molecular formula is C27H25N3O2. The molecule has 0 aliphatic carbocycles. The monoisotopic (exact) mass is 423 g/mol. The van der Waals surface area contributed by atoms with Crippen molar-refractivity contribution < 1.29 is 9.53 Å². The van der Waals surface area contributed by atoms with Crippen LogP contribution in [0.15, 0.2) is 91.1 Å². The fraction of sp³-hybridized carbons (Fsp3) is 0.185. The van der Waals surface area contributed by atoms with Crippen LogP contribution in [0.2, 0.25) is 0 Å². The zero-order chi connectivity index (χ0) is 21.8. The van der Waals surface area contributed by atoms with E-state index in [9.17, 15) is 4.79 Å². The molecule has 5 nitrogen and oxygen atoms in total. The molecule has 1 aliphatic rings. The Balaban J connectivity index is 1.17. The minimum Gasteiger partial charge on any atom is -0.457 e. The molecule has 1 saturated heterocycles. The van der Waals surface area contributed by atoms with Crippen LogP contribution in [-0.4, -0.2) is 30.0 Å². The fourth-order valence-corrected chi connectivity index (χ4v) is 4.16. The summed E-state index contributed by atoms with van der Waals surface area (Å²) < 4.78 is 5.80. The largest absolute Gasteiger partial charge is 0.457 e. The number of aromatic nitrogens is 1. The molecule has 1 amide bonds. The number of piperidine rings is 1. The summed E-state index contributed by atoms with van der Waals surface area (Å²) in [5.41, 5.74) is 0.642. The van der Waals surface area contributed by atoms with Gasteiger partial charge in [-0.25, -0.2) is 4.98 Å². The number of nitrogens with zero attached hydrogens (tertiary/aromatic N) is 2. The zero-order valence-electron chi connectivity index (χ0n) is 17.8. The van der Waals surface area contributed by atoms with Gasteiger partial charge < -0.3 is 15.0 Å². The quantitative estimate of drug-likeness (QED) is 0.465. The SMILES string of the molecule is O=C(NC1CCN(c2nccc3ccccc23)CC1)c1ccc(Oc2ccccc2)cc1. The van der Waals surface area contributed by atoms with Crippen molar-refractivity contribution in [2.75, 3.05) is 18.0 Å². The highest BCUT2D eigenvalue weighted by Gasteiger charge is 2.23. The van der Waals surface area contributed by atoms with E-state index in [1.807, 2.05) is 72.9 Å². The summed E-state index contributed by atoms with van der Waals surface area (Å²) in [7, 11) is 0. The van der Waals surface area contributed by atoms with Crippen molar-refractivity contribution in [1.82, 2.24) is 10.3 Å². The number of fused-ring (bicyclic) bond motifs is 1. The molecule has 0 radical (unpaired) electrons. The molecule has 5 rings (SSSR count). The zero-order valence-corrected chi connectivity index (χ0v) is 17.8. The first-order valence-electron chi connectivity index (χ1n) is 11.0. The van der Waals surface area contributed by atoms with Gasteiger partial charge in [-0.3, -0.25) is 4.79 Å². The van der Waals surface area contributed by atoms with Crippen molar-refractivity contribution >= 4 is 22.5 Å². The number of carbonyl (C=O) groups is 1. The Morgan fingerprint density at radius 2 is 1.53 bits per heavy atom. The van der Waals surface area contributed by atoms with Crippen molar-refractivity contribution in [1.29, 1.82) is 0 Å². The number of amides is 1. The van der Waals surface area contributed by atoms with E-state index in [1.165, 1.54) is 10.8 Å². The third-order valence-electron chi connectivity index (χ3n) is 5.88. The maximum atomic E-state index is 12.7. The van der Waals surface area contributed by atoms with Crippen molar-refractivity contribution in [3.05, 3.63) is 96.7 Å². The van der Waals surface area contributed by atoms with Gasteiger partial charge in [0.2, 0.25) is 0 Å². The van der Waals surface area contributed by atoms with Crippen LogP contribution in [0.25, 0.3) is 10.8 Å². The molecule has 1 fully saturated rings. The Bertz CT molecular complexity index is 1200. The number of ether oxygens (including phenoxy) is 1. The van der Waals surface area contributed by atoms with Gasteiger partial charge in [-0.15, -0.1) is 0 Å². The highest BCUT2D eigenvalue weighted by molar-refractivity contribution is 5.94. The topological polar surface area (TPSA) is 54.5 Å². The molecule has 5 heteroatoms. The number of benzene rings is 3. The third kappa shape index (κ3) is 4.42. The van der Waals surface area contributed by atoms with Gasteiger partial charge in [0.15, 0.2) is 0 Å². The molecule has 0 atom stereocenters. The summed E-state index contributed by atoms with van der Waals surface area (Å²) in [6.07, 6.45) is 3.66. The van der Waals surface area contributed by atoms with Crippen LogP contribution in [0.4, 0.5) is 5.82 Å². The van der Waals surface area contributed by atoms with E-state index in [1.54, 1.807) is 0 Å². The average molecular weight is 424 g/mol. The van der Waals surface area contributed by atoms with Crippen molar-refractivity contribution in [2.24, 2.45) is 0 Å². The maximum Gasteiger partial charge on any atom is 0.251 e. The van der Waals surface area contributed by atoms with E-state index in [0.29, 0.717) is 11.3 Å². The number of carbonyl (C=O) groups excluding carboxylic acids is 1. The van der Waals surface area contributed by atoms with Crippen molar-refractivity contribution in [3.8, 4) is 11.5 Å². The Hall–Kier alpha value is -3.86. The van der Waals surface area contributed by atoms with Crippen LogP contribution in [0.1, 0.15) is 23.2 Å². The lowest BCUT2D eigenvalue weighted by atomic mass is 10.0. The Morgan fingerprint density at radius 1 is 0.844 bits per heavy atom. The first kappa shape index (κ1) is 20.1. The van der Waals surface area contributed by atoms with E-state index < -0.39 is 0 Å². The fourth-order valence-electron chi connectivity index (χ4n) is 4.16. The van der Waals surface area contributed by atoms with Gasteiger partial charge in [-0.05, 0) is 60.7 Å². The van der Waals surface area contributed by atoms with E-state index in [0.717, 1.165) is 37.5 Å². The number of pyridine rings is 1. The summed E-state index contributed by atoms with van der Waals surface area (Å²) in [6, 6.07) is 27.4. The summed E-state index contributed by atoms with van der Waals surface area (Å²) in [4.78, 5) is 19.7. The van der Waals surface area contributed by atoms with Crippen molar-refractivity contribution in [2.45, 2.75) is 18.9 Å². The molecule has 4 aromatic rings. The predicted molar refractivity (Wildman–Crippen MR) is 127 cm³/mol. The normalized spacial score (nSPS) is 14.3. The van der Waals surface area contributed by atoms with Crippen molar-refractivity contribution in [3.63, 3.8) is 0 Å². The molecule has 32 heavy (non-hydrogen) atoms. The van der Waals surface area contributed by atoms with Gasteiger partial charge in [-0.2, -0.15) is 0 Å². The summed E-state index contributed by atoms with van der Waals surface area (Å²) in [6.45, 7) is 1.74. The average Bonchev–Trinajstić information content (AvgIpc) is 2.85. The number of hydrogen-bond donors (Lipinski definition) is 1. The number of para-hydroxylation sites is 1. The Kier molecular flexibility index (Phi) is 5.71. The summed E-state index contributed by atoms with van der Waals surface area (Å²) in [5.74, 6) is 2.47. The third-order valence-corrected chi connectivity index (χ3v) is 5.88. The van der Waals surface area contributed by atoms with E-state index in [4.69, 9.17) is 4.74 Å². The molecule has 0 bridgehead atoms. The molecule has 0 spiro atoms. The van der Waals surface area contributed by atoms with Crippen LogP contribution in [0.5, 0.6) is 11.5 Å². The highest BCUT2D eigenvalue weighted by atomic mass is 16.5. The van der Waals surface area contributed by atoms with Crippen LogP contribution in [0.3, 0.4) is 0 Å². The van der Waals surface area contributed by atoms with Crippen LogP contribution >= 0.6 is 0 Å². The second-order valence-electron chi connectivity index (χ2n) is 8.03. The lowest BCUT2D eigenvalue weighted by molar-refractivity contribution is 0.0931. The van der Waals surface area contributed by atoms with Gasteiger partial charge in [0.25, 0.3) is 5.91 Å². The summed E-state index contributed by atoms with van der Waals surface area (Å²) >= 11 is 0. The molecule has 1 N–H and O–H groups in total. The first-order valence-corrected chi connectivity index (χ1v) is 11.0. The number of nitrogens with one attached hydrogen (secondary N) is 1. The predicted octanol–water partition coefficient (Wildman–Crippen LogP) is 5.43. The van der Waals surface area contributed by atoms with Crippen LogP contribution in [0, 0.1) is 0 Å². The second kappa shape index (κ2) is 9.10.